The van der Waals surface area contributed by atoms with Crippen molar-refractivity contribution in [2.45, 2.75) is 19.4 Å². The molecule has 0 unspecified atom stereocenters. The van der Waals surface area contributed by atoms with E-state index in [1.54, 1.807) is 6.26 Å². The van der Waals surface area contributed by atoms with E-state index in [9.17, 15) is 0 Å². The van der Waals surface area contributed by atoms with E-state index in [2.05, 4.69) is 5.32 Å². The molecule has 1 N–H and O–H groups in total. The molecule has 0 aliphatic heterocycles. The van der Waals surface area contributed by atoms with E-state index in [-0.39, 0.29) is 0 Å². The molecule has 1 aliphatic carbocycles. The van der Waals surface area contributed by atoms with Crippen molar-refractivity contribution in [3.05, 3.63) is 24.2 Å². The van der Waals surface area contributed by atoms with Gasteiger partial charge in [-0.1, -0.05) is 0 Å². The molecule has 78 valence electrons. The van der Waals surface area contributed by atoms with Gasteiger partial charge >= 0.3 is 0 Å². The maximum atomic E-state index is 5.48. The highest BCUT2D eigenvalue weighted by atomic mass is 16.5. The van der Waals surface area contributed by atoms with E-state index >= 15 is 0 Å². The van der Waals surface area contributed by atoms with Crippen molar-refractivity contribution < 1.29 is 9.15 Å². The van der Waals surface area contributed by atoms with Crippen LogP contribution in [0, 0.1) is 5.92 Å². The average Bonchev–Trinajstić information content (AvgIpc) is 2.87. The van der Waals surface area contributed by atoms with Crippen LogP contribution in [-0.2, 0) is 11.3 Å². The predicted octanol–water partition coefficient (Wildman–Crippen LogP) is 1.80. The molecule has 0 radical (unpaired) electrons. The first kappa shape index (κ1) is 9.74. The van der Waals surface area contributed by atoms with Gasteiger partial charge in [-0.15, -0.1) is 0 Å². The Morgan fingerprint density at radius 2 is 2.43 bits per heavy atom. The smallest absolute Gasteiger partial charge is 0.117 e. The lowest BCUT2D eigenvalue weighted by Gasteiger charge is -2.03. The molecular weight excluding hydrogens is 178 g/mol. The second-order valence-electron chi connectivity index (χ2n) is 3.77. The van der Waals surface area contributed by atoms with E-state index < -0.39 is 0 Å². The molecule has 0 bridgehead atoms. The van der Waals surface area contributed by atoms with Crippen LogP contribution in [0.5, 0.6) is 0 Å². The van der Waals surface area contributed by atoms with Gasteiger partial charge < -0.3 is 14.5 Å². The zero-order valence-corrected chi connectivity index (χ0v) is 8.37. The minimum atomic E-state index is 0.791. The third-order valence-corrected chi connectivity index (χ3v) is 2.35. The van der Waals surface area contributed by atoms with Crippen LogP contribution in [0.3, 0.4) is 0 Å². The van der Waals surface area contributed by atoms with Crippen LogP contribution in [0.25, 0.3) is 0 Å². The third-order valence-electron chi connectivity index (χ3n) is 2.35. The Morgan fingerprint density at radius 1 is 1.50 bits per heavy atom. The molecule has 0 atom stereocenters. The Labute approximate surface area is 84.4 Å². The number of hydrogen-bond acceptors (Lipinski definition) is 3. The van der Waals surface area contributed by atoms with Crippen molar-refractivity contribution in [1.29, 1.82) is 0 Å². The summed E-state index contributed by atoms with van der Waals surface area (Å²) in [5.74, 6) is 1.84. The van der Waals surface area contributed by atoms with Crippen molar-refractivity contribution in [2.75, 3.05) is 19.8 Å². The maximum absolute atomic E-state index is 5.48. The monoisotopic (exact) mass is 195 g/mol. The molecule has 0 saturated heterocycles. The molecule has 2 rings (SSSR count). The second-order valence-corrected chi connectivity index (χ2v) is 3.77. The number of rotatable bonds is 7. The van der Waals surface area contributed by atoms with Gasteiger partial charge in [-0.2, -0.15) is 0 Å². The molecular formula is C11H17NO2. The fraction of sp³-hybridized carbons (Fsp3) is 0.636. The number of ether oxygens (including phenoxy) is 1. The van der Waals surface area contributed by atoms with Crippen LogP contribution in [0.4, 0.5) is 0 Å². The van der Waals surface area contributed by atoms with E-state index in [1.165, 1.54) is 12.8 Å². The second kappa shape index (κ2) is 5.17. The first-order valence-corrected chi connectivity index (χ1v) is 5.26. The summed E-state index contributed by atoms with van der Waals surface area (Å²) in [5.41, 5.74) is 0. The van der Waals surface area contributed by atoms with Crippen LogP contribution in [-0.4, -0.2) is 19.8 Å². The number of nitrogens with one attached hydrogen (secondary N) is 1. The molecule has 0 amide bonds. The van der Waals surface area contributed by atoms with Gasteiger partial charge in [-0.25, -0.2) is 0 Å². The lowest BCUT2D eigenvalue weighted by Crippen LogP contribution is -2.19. The van der Waals surface area contributed by atoms with Crippen molar-refractivity contribution in [3.63, 3.8) is 0 Å². The summed E-state index contributed by atoms with van der Waals surface area (Å²) in [6, 6.07) is 3.87. The molecule has 14 heavy (non-hydrogen) atoms. The average molecular weight is 195 g/mol. The standard InChI is InChI=1S/C11H17NO2/c1-2-11(14-6-1)8-12-5-7-13-9-10-3-4-10/h1-2,6,10,12H,3-5,7-9H2. The molecule has 0 aromatic carbocycles. The molecule has 1 aromatic heterocycles. The van der Waals surface area contributed by atoms with Crippen molar-refractivity contribution >= 4 is 0 Å². The molecule has 3 heteroatoms. The molecule has 1 heterocycles. The van der Waals surface area contributed by atoms with Crippen LogP contribution in [0.2, 0.25) is 0 Å². The van der Waals surface area contributed by atoms with Gasteiger partial charge in [-0.3, -0.25) is 0 Å². The van der Waals surface area contributed by atoms with Gasteiger partial charge in [0.05, 0.1) is 19.4 Å². The number of hydrogen-bond donors (Lipinski definition) is 1. The summed E-state index contributed by atoms with van der Waals surface area (Å²) in [4.78, 5) is 0. The Bertz CT molecular complexity index is 242. The fourth-order valence-electron chi connectivity index (χ4n) is 1.30. The largest absolute Gasteiger partial charge is 0.468 e. The summed E-state index contributed by atoms with van der Waals surface area (Å²) < 4.78 is 10.7. The Hall–Kier alpha value is -0.800. The zero-order chi connectivity index (χ0) is 9.64. The van der Waals surface area contributed by atoms with Crippen molar-refractivity contribution in [1.82, 2.24) is 5.32 Å². The summed E-state index contributed by atoms with van der Waals surface area (Å²) in [7, 11) is 0. The Kier molecular flexibility index (Phi) is 3.60. The predicted molar refractivity (Wildman–Crippen MR) is 54.0 cm³/mol. The lowest BCUT2D eigenvalue weighted by molar-refractivity contribution is 0.125. The normalized spacial score (nSPS) is 16.0. The van der Waals surface area contributed by atoms with E-state index in [1.807, 2.05) is 12.1 Å². The Balaban J connectivity index is 1.43. The van der Waals surface area contributed by atoms with Gasteiger partial charge in [0.2, 0.25) is 0 Å². The highest BCUT2D eigenvalue weighted by Gasteiger charge is 2.20. The zero-order valence-electron chi connectivity index (χ0n) is 8.37. The first-order chi connectivity index (χ1) is 6.95. The number of furan rings is 1. The molecule has 3 nitrogen and oxygen atoms in total. The molecule has 1 aromatic rings. The molecule has 1 fully saturated rings. The van der Waals surface area contributed by atoms with Crippen LogP contribution < -0.4 is 5.32 Å². The fourth-order valence-corrected chi connectivity index (χ4v) is 1.30. The highest BCUT2D eigenvalue weighted by Crippen LogP contribution is 2.28. The third kappa shape index (κ3) is 3.52. The molecule has 1 saturated carbocycles. The summed E-state index contributed by atoms with van der Waals surface area (Å²) in [5, 5.41) is 3.26. The van der Waals surface area contributed by atoms with Crippen LogP contribution in [0.15, 0.2) is 22.8 Å². The summed E-state index contributed by atoms with van der Waals surface area (Å²) in [6.07, 6.45) is 4.42. The van der Waals surface area contributed by atoms with E-state index in [0.717, 1.165) is 38.0 Å². The maximum Gasteiger partial charge on any atom is 0.117 e. The minimum Gasteiger partial charge on any atom is -0.468 e. The minimum absolute atomic E-state index is 0.791. The van der Waals surface area contributed by atoms with Crippen LogP contribution in [0.1, 0.15) is 18.6 Å². The molecule has 0 spiro atoms. The van der Waals surface area contributed by atoms with E-state index in [4.69, 9.17) is 9.15 Å². The summed E-state index contributed by atoms with van der Waals surface area (Å²) in [6.45, 7) is 3.44. The van der Waals surface area contributed by atoms with E-state index in [0.29, 0.717) is 0 Å². The first-order valence-electron chi connectivity index (χ1n) is 5.26. The van der Waals surface area contributed by atoms with Crippen molar-refractivity contribution in [3.8, 4) is 0 Å². The Morgan fingerprint density at radius 3 is 3.14 bits per heavy atom. The van der Waals surface area contributed by atoms with Gasteiger partial charge in [0.25, 0.3) is 0 Å². The van der Waals surface area contributed by atoms with Gasteiger partial charge in [0.15, 0.2) is 0 Å². The summed E-state index contributed by atoms with van der Waals surface area (Å²) >= 11 is 0. The van der Waals surface area contributed by atoms with Crippen molar-refractivity contribution in [2.24, 2.45) is 5.92 Å². The SMILES string of the molecule is c1coc(CNCCOCC2CC2)c1. The van der Waals surface area contributed by atoms with Crippen LogP contribution >= 0.6 is 0 Å². The quantitative estimate of drug-likeness (QED) is 0.674. The molecule has 1 aliphatic rings. The topological polar surface area (TPSA) is 34.4 Å². The lowest BCUT2D eigenvalue weighted by atomic mass is 10.4. The van der Waals surface area contributed by atoms with Gasteiger partial charge in [-0.05, 0) is 30.9 Å². The van der Waals surface area contributed by atoms with Gasteiger partial charge in [0, 0.05) is 13.2 Å². The highest BCUT2D eigenvalue weighted by molar-refractivity contribution is 4.97. The van der Waals surface area contributed by atoms with Gasteiger partial charge in [0.1, 0.15) is 5.76 Å².